The Bertz CT molecular complexity index is 208. The predicted octanol–water partition coefficient (Wildman–Crippen LogP) is -1.26. The van der Waals surface area contributed by atoms with Crippen molar-refractivity contribution < 1.29 is 20.1 Å². The maximum absolute atomic E-state index is 9.51. The zero-order valence-electron chi connectivity index (χ0n) is 7.42. The van der Waals surface area contributed by atoms with Crippen LogP contribution in [0.4, 0.5) is 0 Å². The van der Waals surface area contributed by atoms with E-state index in [-0.39, 0.29) is 12.5 Å². The average molecular weight is 186 g/mol. The van der Waals surface area contributed by atoms with E-state index in [2.05, 4.69) is 5.92 Å². The molecule has 3 N–H and O–H groups in total. The smallest absolute Gasteiger partial charge is 0.123 e. The Morgan fingerprint density at radius 1 is 1.38 bits per heavy atom. The summed E-state index contributed by atoms with van der Waals surface area (Å²) in [6.07, 6.45) is 1.83. The van der Waals surface area contributed by atoms with Gasteiger partial charge in [0.05, 0.1) is 12.7 Å². The van der Waals surface area contributed by atoms with Crippen molar-refractivity contribution in [3.05, 3.63) is 0 Å². The lowest BCUT2D eigenvalue weighted by Gasteiger charge is -2.38. The molecule has 0 aromatic rings. The Labute approximate surface area is 77.1 Å². The van der Waals surface area contributed by atoms with Gasteiger partial charge in [0.1, 0.15) is 18.3 Å². The first-order chi connectivity index (χ1) is 6.11. The Morgan fingerprint density at radius 3 is 2.46 bits per heavy atom. The van der Waals surface area contributed by atoms with Crippen LogP contribution in [0.15, 0.2) is 0 Å². The number of terminal acetylenes is 1. The second-order valence-electron chi connectivity index (χ2n) is 3.28. The Balaban J connectivity index is 2.73. The topological polar surface area (TPSA) is 69.9 Å². The maximum Gasteiger partial charge on any atom is 0.123 e. The Kier molecular flexibility index (Phi) is 3.28. The number of hydrogen-bond donors (Lipinski definition) is 3. The normalized spacial score (nSPS) is 45.6. The van der Waals surface area contributed by atoms with Crippen molar-refractivity contribution >= 4 is 0 Å². The highest BCUT2D eigenvalue weighted by Crippen LogP contribution is 2.25. The van der Waals surface area contributed by atoms with E-state index in [0.717, 1.165) is 0 Å². The van der Waals surface area contributed by atoms with Crippen molar-refractivity contribution in [1.29, 1.82) is 0 Å². The van der Waals surface area contributed by atoms with Gasteiger partial charge in [-0.3, -0.25) is 0 Å². The summed E-state index contributed by atoms with van der Waals surface area (Å²) in [5.41, 5.74) is 0. The maximum atomic E-state index is 9.51. The first-order valence-corrected chi connectivity index (χ1v) is 4.20. The van der Waals surface area contributed by atoms with Crippen LogP contribution >= 0.6 is 0 Å². The van der Waals surface area contributed by atoms with Gasteiger partial charge in [-0.05, 0) is 0 Å². The minimum absolute atomic E-state index is 0.317. The summed E-state index contributed by atoms with van der Waals surface area (Å²) in [4.78, 5) is 0. The summed E-state index contributed by atoms with van der Waals surface area (Å²) in [5.74, 6) is 2.05. The van der Waals surface area contributed by atoms with Gasteiger partial charge in [0.2, 0.25) is 0 Å². The van der Waals surface area contributed by atoms with Crippen LogP contribution in [0.25, 0.3) is 0 Å². The summed E-state index contributed by atoms with van der Waals surface area (Å²) >= 11 is 0. The van der Waals surface area contributed by atoms with Gasteiger partial charge in [-0.15, -0.1) is 6.42 Å². The molecule has 0 aromatic heterocycles. The fourth-order valence-electron chi connectivity index (χ4n) is 1.44. The number of rotatable bonds is 1. The monoisotopic (exact) mass is 186 g/mol. The van der Waals surface area contributed by atoms with Crippen molar-refractivity contribution in [2.24, 2.45) is 5.92 Å². The summed E-state index contributed by atoms with van der Waals surface area (Å²) in [6, 6.07) is 0. The predicted molar refractivity (Wildman–Crippen MR) is 45.8 cm³/mol. The van der Waals surface area contributed by atoms with Gasteiger partial charge in [0, 0.05) is 5.92 Å². The molecule has 0 radical (unpaired) electrons. The molecule has 1 saturated heterocycles. The van der Waals surface area contributed by atoms with E-state index in [1.165, 1.54) is 0 Å². The van der Waals surface area contributed by atoms with Crippen molar-refractivity contribution in [2.75, 3.05) is 6.61 Å². The van der Waals surface area contributed by atoms with Gasteiger partial charge < -0.3 is 20.1 Å². The molecule has 4 nitrogen and oxygen atoms in total. The standard InChI is InChI=1S/C9H14O4/c1-3-6-5(2)8(11)9(12)7(4-10)13-6/h1,5-12H,4H2,2H3/t5?,6-,7-,8-,9-/m1/s1. The minimum Gasteiger partial charge on any atom is -0.394 e. The van der Waals surface area contributed by atoms with Crippen LogP contribution in [0.1, 0.15) is 6.92 Å². The lowest BCUT2D eigenvalue weighted by Crippen LogP contribution is -2.54. The van der Waals surface area contributed by atoms with E-state index in [1.54, 1.807) is 6.92 Å². The zero-order chi connectivity index (χ0) is 10.0. The van der Waals surface area contributed by atoms with Crippen molar-refractivity contribution in [3.63, 3.8) is 0 Å². The van der Waals surface area contributed by atoms with Gasteiger partial charge in [0.25, 0.3) is 0 Å². The number of aliphatic hydroxyl groups excluding tert-OH is 3. The second-order valence-corrected chi connectivity index (χ2v) is 3.28. The molecule has 13 heavy (non-hydrogen) atoms. The molecule has 0 spiro atoms. The molecule has 1 aliphatic heterocycles. The van der Waals surface area contributed by atoms with Gasteiger partial charge >= 0.3 is 0 Å². The Hall–Kier alpha value is -0.600. The molecule has 0 saturated carbocycles. The van der Waals surface area contributed by atoms with E-state index < -0.39 is 24.4 Å². The molecule has 0 amide bonds. The molecule has 0 bridgehead atoms. The summed E-state index contributed by atoms with van der Waals surface area (Å²) in [6.45, 7) is 1.36. The number of aliphatic hydroxyl groups is 3. The first-order valence-electron chi connectivity index (χ1n) is 4.20. The molecule has 1 heterocycles. The van der Waals surface area contributed by atoms with Crippen LogP contribution in [-0.4, -0.2) is 46.3 Å². The highest BCUT2D eigenvalue weighted by molar-refractivity contribution is 5.04. The minimum atomic E-state index is -1.07. The van der Waals surface area contributed by atoms with Gasteiger partial charge in [-0.1, -0.05) is 12.8 Å². The van der Waals surface area contributed by atoms with Crippen LogP contribution < -0.4 is 0 Å². The first kappa shape index (κ1) is 10.5. The SMILES string of the molecule is C#C[C@H]1O[C@H](CO)[C@@H](O)[C@H](O)C1C. The molecule has 1 unspecified atom stereocenters. The van der Waals surface area contributed by atoms with Crippen LogP contribution in [0.3, 0.4) is 0 Å². The lowest BCUT2D eigenvalue weighted by atomic mass is 9.88. The summed E-state index contributed by atoms with van der Waals surface area (Å²) < 4.78 is 5.18. The van der Waals surface area contributed by atoms with Crippen LogP contribution in [0.2, 0.25) is 0 Å². The third-order valence-electron chi connectivity index (χ3n) is 2.41. The van der Waals surface area contributed by atoms with Gasteiger partial charge in [-0.2, -0.15) is 0 Å². The molecular formula is C9H14O4. The fourth-order valence-corrected chi connectivity index (χ4v) is 1.44. The molecule has 1 rings (SSSR count). The van der Waals surface area contributed by atoms with Crippen LogP contribution in [-0.2, 0) is 4.74 Å². The van der Waals surface area contributed by atoms with E-state index >= 15 is 0 Å². The number of ether oxygens (including phenoxy) is 1. The summed E-state index contributed by atoms with van der Waals surface area (Å²) in [5, 5.41) is 27.7. The molecule has 74 valence electrons. The second kappa shape index (κ2) is 4.07. The molecular weight excluding hydrogens is 172 g/mol. The van der Waals surface area contributed by atoms with Crippen LogP contribution in [0, 0.1) is 18.3 Å². The van der Waals surface area contributed by atoms with Crippen molar-refractivity contribution in [3.8, 4) is 12.3 Å². The Morgan fingerprint density at radius 2 is 2.00 bits per heavy atom. The highest BCUT2D eigenvalue weighted by atomic mass is 16.5. The van der Waals surface area contributed by atoms with E-state index in [9.17, 15) is 10.2 Å². The highest BCUT2D eigenvalue weighted by Gasteiger charge is 2.40. The number of hydrogen-bond acceptors (Lipinski definition) is 4. The third kappa shape index (κ3) is 1.84. The van der Waals surface area contributed by atoms with E-state index in [0.29, 0.717) is 0 Å². The third-order valence-corrected chi connectivity index (χ3v) is 2.41. The zero-order valence-corrected chi connectivity index (χ0v) is 7.42. The van der Waals surface area contributed by atoms with Crippen molar-refractivity contribution in [1.82, 2.24) is 0 Å². The average Bonchev–Trinajstić information content (AvgIpc) is 2.15. The van der Waals surface area contributed by atoms with Gasteiger partial charge in [-0.25, -0.2) is 0 Å². The van der Waals surface area contributed by atoms with E-state index in [4.69, 9.17) is 16.3 Å². The molecule has 0 aromatic carbocycles. The van der Waals surface area contributed by atoms with Crippen LogP contribution in [0.5, 0.6) is 0 Å². The largest absolute Gasteiger partial charge is 0.394 e. The molecule has 1 aliphatic rings. The lowest BCUT2D eigenvalue weighted by molar-refractivity contribution is -0.190. The van der Waals surface area contributed by atoms with Crippen molar-refractivity contribution in [2.45, 2.75) is 31.3 Å². The van der Waals surface area contributed by atoms with E-state index in [1.807, 2.05) is 0 Å². The molecule has 1 fully saturated rings. The fraction of sp³-hybridized carbons (Fsp3) is 0.778. The van der Waals surface area contributed by atoms with Gasteiger partial charge in [0.15, 0.2) is 0 Å². The quantitative estimate of drug-likeness (QED) is 0.447. The molecule has 5 atom stereocenters. The molecule has 0 aliphatic carbocycles. The molecule has 4 heteroatoms. The summed E-state index contributed by atoms with van der Waals surface area (Å²) in [7, 11) is 0.